The van der Waals surface area contributed by atoms with Crippen LogP contribution in [-0.2, 0) is 14.8 Å². The number of rotatable bonds is 7. The van der Waals surface area contributed by atoms with Gasteiger partial charge in [0.05, 0.1) is 4.90 Å². The van der Waals surface area contributed by atoms with Gasteiger partial charge in [-0.05, 0) is 49.6 Å². The highest BCUT2D eigenvalue weighted by atomic mass is 32.2. The van der Waals surface area contributed by atoms with Gasteiger partial charge in [0.25, 0.3) is 0 Å². The Bertz CT molecular complexity index is 865. The molecular weight excluding hydrogens is 355 g/mol. The predicted molar refractivity (Wildman–Crippen MR) is 99.8 cm³/mol. The molecule has 7 heteroatoms. The standard InChI is InChI=1S/C19H23FN2O3S/c1-13(2)11-18(19(23)21-16-6-4-5-15(20)12-16)22-26(24,25)17-9-7-14(3)8-10-17/h4-10,12-13,18,22H,11H2,1-3H3,(H,21,23). The zero-order valence-corrected chi connectivity index (χ0v) is 15.8. The Morgan fingerprint density at radius 2 is 1.77 bits per heavy atom. The molecule has 0 aliphatic carbocycles. The number of aryl methyl sites for hydroxylation is 1. The molecule has 2 N–H and O–H groups in total. The van der Waals surface area contributed by atoms with E-state index in [1.807, 2.05) is 20.8 Å². The zero-order valence-electron chi connectivity index (χ0n) is 15.0. The number of carbonyl (C=O) groups excluding carboxylic acids is 1. The van der Waals surface area contributed by atoms with Crippen LogP contribution < -0.4 is 10.0 Å². The third kappa shape index (κ3) is 5.64. The molecule has 0 saturated carbocycles. The molecule has 0 aromatic heterocycles. The highest BCUT2D eigenvalue weighted by molar-refractivity contribution is 7.89. The predicted octanol–water partition coefficient (Wildman–Crippen LogP) is 3.47. The fourth-order valence-corrected chi connectivity index (χ4v) is 3.66. The van der Waals surface area contributed by atoms with Gasteiger partial charge in [-0.1, -0.05) is 37.6 Å². The number of hydrogen-bond donors (Lipinski definition) is 2. The van der Waals surface area contributed by atoms with E-state index in [1.165, 1.54) is 30.3 Å². The average molecular weight is 378 g/mol. The van der Waals surface area contributed by atoms with Gasteiger partial charge in [0.2, 0.25) is 15.9 Å². The van der Waals surface area contributed by atoms with Crippen molar-refractivity contribution in [3.63, 3.8) is 0 Å². The van der Waals surface area contributed by atoms with E-state index in [1.54, 1.807) is 18.2 Å². The van der Waals surface area contributed by atoms with Gasteiger partial charge in [-0.3, -0.25) is 4.79 Å². The summed E-state index contributed by atoms with van der Waals surface area (Å²) in [5.74, 6) is -0.928. The number of carbonyl (C=O) groups is 1. The molecule has 0 fully saturated rings. The van der Waals surface area contributed by atoms with Crippen LogP contribution >= 0.6 is 0 Å². The van der Waals surface area contributed by atoms with Crippen LogP contribution in [0.3, 0.4) is 0 Å². The van der Waals surface area contributed by atoms with Gasteiger partial charge in [0, 0.05) is 5.69 Å². The van der Waals surface area contributed by atoms with E-state index in [0.717, 1.165) is 5.56 Å². The highest BCUT2D eigenvalue weighted by Crippen LogP contribution is 2.15. The van der Waals surface area contributed by atoms with Crippen LogP contribution in [0.4, 0.5) is 10.1 Å². The second-order valence-corrected chi connectivity index (χ2v) is 8.33. The van der Waals surface area contributed by atoms with E-state index < -0.39 is 27.8 Å². The minimum atomic E-state index is -3.85. The van der Waals surface area contributed by atoms with Crippen molar-refractivity contribution in [2.75, 3.05) is 5.32 Å². The fourth-order valence-electron chi connectivity index (χ4n) is 2.45. The number of sulfonamides is 1. The molecular formula is C19H23FN2O3S. The molecule has 0 radical (unpaired) electrons. The topological polar surface area (TPSA) is 75.3 Å². The summed E-state index contributed by atoms with van der Waals surface area (Å²) in [6.07, 6.45) is 0.312. The average Bonchev–Trinajstić information content (AvgIpc) is 2.54. The lowest BCUT2D eigenvalue weighted by atomic mass is 10.0. The first-order valence-corrected chi connectivity index (χ1v) is 9.81. The van der Waals surface area contributed by atoms with Crippen LogP contribution in [0.1, 0.15) is 25.8 Å². The van der Waals surface area contributed by atoms with Gasteiger partial charge in [0.15, 0.2) is 0 Å². The smallest absolute Gasteiger partial charge is 0.242 e. The van der Waals surface area contributed by atoms with Crippen LogP contribution in [0.5, 0.6) is 0 Å². The SMILES string of the molecule is Cc1ccc(S(=O)(=O)NC(CC(C)C)C(=O)Nc2cccc(F)c2)cc1. The minimum Gasteiger partial charge on any atom is -0.325 e. The number of benzene rings is 2. The monoisotopic (exact) mass is 378 g/mol. The van der Waals surface area contributed by atoms with E-state index >= 15 is 0 Å². The molecule has 1 atom stereocenters. The van der Waals surface area contributed by atoms with Crippen LogP contribution in [0.25, 0.3) is 0 Å². The molecule has 2 aromatic rings. The summed E-state index contributed by atoms with van der Waals surface area (Å²) >= 11 is 0. The molecule has 2 aromatic carbocycles. The second-order valence-electron chi connectivity index (χ2n) is 6.62. The maximum absolute atomic E-state index is 13.3. The first kappa shape index (κ1) is 20.1. The van der Waals surface area contributed by atoms with Crippen LogP contribution in [0, 0.1) is 18.7 Å². The number of anilines is 1. The third-order valence-electron chi connectivity index (χ3n) is 3.74. The van der Waals surface area contributed by atoms with Gasteiger partial charge in [-0.2, -0.15) is 4.72 Å². The van der Waals surface area contributed by atoms with E-state index in [-0.39, 0.29) is 16.5 Å². The van der Waals surface area contributed by atoms with E-state index in [9.17, 15) is 17.6 Å². The Morgan fingerprint density at radius 3 is 2.35 bits per heavy atom. The van der Waals surface area contributed by atoms with Gasteiger partial charge in [0.1, 0.15) is 11.9 Å². The maximum atomic E-state index is 13.3. The lowest BCUT2D eigenvalue weighted by molar-refractivity contribution is -0.118. The molecule has 26 heavy (non-hydrogen) atoms. The molecule has 0 spiro atoms. The van der Waals surface area contributed by atoms with Crippen LogP contribution in [0.15, 0.2) is 53.4 Å². The lowest BCUT2D eigenvalue weighted by Gasteiger charge is -2.20. The summed E-state index contributed by atoms with van der Waals surface area (Å²) in [5, 5.41) is 2.57. The Hall–Kier alpha value is -2.25. The molecule has 140 valence electrons. The van der Waals surface area contributed by atoms with Crippen molar-refractivity contribution in [1.29, 1.82) is 0 Å². The summed E-state index contributed by atoms with van der Waals surface area (Å²) in [6.45, 7) is 5.64. The van der Waals surface area contributed by atoms with Crippen molar-refractivity contribution >= 4 is 21.6 Å². The first-order valence-electron chi connectivity index (χ1n) is 8.33. The number of halogens is 1. The molecule has 0 heterocycles. The van der Waals surface area contributed by atoms with Crippen molar-refractivity contribution in [2.45, 2.75) is 38.1 Å². The van der Waals surface area contributed by atoms with Crippen molar-refractivity contribution in [3.05, 3.63) is 59.9 Å². The molecule has 0 bridgehead atoms. The van der Waals surface area contributed by atoms with E-state index in [4.69, 9.17) is 0 Å². The first-order chi connectivity index (χ1) is 12.2. The summed E-state index contributed by atoms with van der Waals surface area (Å²) in [5.41, 5.74) is 1.21. The summed E-state index contributed by atoms with van der Waals surface area (Å²) < 4.78 is 40.9. The van der Waals surface area contributed by atoms with E-state index in [2.05, 4.69) is 10.0 Å². The highest BCUT2D eigenvalue weighted by Gasteiger charge is 2.26. The number of nitrogens with one attached hydrogen (secondary N) is 2. The number of hydrogen-bond acceptors (Lipinski definition) is 3. The van der Waals surface area contributed by atoms with Crippen molar-refractivity contribution in [1.82, 2.24) is 4.72 Å². The van der Waals surface area contributed by atoms with Gasteiger partial charge < -0.3 is 5.32 Å². The van der Waals surface area contributed by atoms with Crippen molar-refractivity contribution in [2.24, 2.45) is 5.92 Å². The Kier molecular flexibility index (Phi) is 6.50. The zero-order chi connectivity index (χ0) is 19.3. The quantitative estimate of drug-likeness (QED) is 0.775. The third-order valence-corrected chi connectivity index (χ3v) is 5.23. The van der Waals surface area contributed by atoms with Crippen LogP contribution in [-0.4, -0.2) is 20.4 Å². The van der Waals surface area contributed by atoms with E-state index in [0.29, 0.717) is 6.42 Å². The minimum absolute atomic E-state index is 0.0824. The maximum Gasteiger partial charge on any atom is 0.242 e. The fraction of sp³-hybridized carbons (Fsp3) is 0.316. The van der Waals surface area contributed by atoms with Crippen LogP contribution in [0.2, 0.25) is 0 Å². The van der Waals surface area contributed by atoms with Crippen molar-refractivity contribution in [3.8, 4) is 0 Å². The summed E-state index contributed by atoms with van der Waals surface area (Å²) in [7, 11) is -3.85. The van der Waals surface area contributed by atoms with Gasteiger partial charge >= 0.3 is 0 Å². The van der Waals surface area contributed by atoms with Gasteiger partial charge in [-0.25, -0.2) is 12.8 Å². The van der Waals surface area contributed by atoms with Crippen molar-refractivity contribution < 1.29 is 17.6 Å². The number of amides is 1. The lowest BCUT2D eigenvalue weighted by Crippen LogP contribution is -2.44. The summed E-state index contributed by atoms with van der Waals surface area (Å²) in [4.78, 5) is 12.7. The molecule has 1 unspecified atom stereocenters. The normalized spacial score (nSPS) is 12.8. The molecule has 5 nitrogen and oxygen atoms in total. The molecule has 0 saturated heterocycles. The Balaban J connectivity index is 2.20. The molecule has 0 aliphatic heterocycles. The molecule has 1 amide bonds. The van der Waals surface area contributed by atoms with Gasteiger partial charge in [-0.15, -0.1) is 0 Å². The Labute approximate surface area is 153 Å². The molecule has 2 rings (SSSR count). The summed E-state index contributed by atoms with van der Waals surface area (Å²) in [6, 6.07) is 10.9. The molecule has 0 aliphatic rings. The largest absolute Gasteiger partial charge is 0.325 e. The second kappa shape index (κ2) is 8.42. The Morgan fingerprint density at radius 1 is 1.12 bits per heavy atom.